The topological polar surface area (TPSA) is 50.9 Å². The summed E-state index contributed by atoms with van der Waals surface area (Å²) in [4.78, 5) is 4.37. The van der Waals surface area contributed by atoms with E-state index in [0.29, 0.717) is 6.42 Å². The van der Waals surface area contributed by atoms with Gasteiger partial charge in [-0.25, -0.2) is 4.98 Å². The number of thiazole rings is 1. The van der Waals surface area contributed by atoms with Gasteiger partial charge in [0.05, 0.1) is 10.7 Å². The van der Waals surface area contributed by atoms with Gasteiger partial charge in [0, 0.05) is 30.2 Å². The summed E-state index contributed by atoms with van der Waals surface area (Å²) in [6.07, 6.45) is 2.79. The summed E-state index contributed by atoms with van der Waals surface area (Å²) in [6, 6.07) is 1.88. The van der Waals surface area contributed by atoms with Crippen LogP contribution in [0.1, 0.15) is 35.8 Å². The zero-order valence-corrected chi connectivity index (χ0v) is 10.9. The first kappa shape index (κ1) is 12.3. The maximum atomic E-state index is 10.2. The van der Waals surface area contributed by atoms with Gasteiger partial charge >= 0.3 is 0 Å². The van der Waals surface area contributed by atoms with Crippen molar-refractivity contribution in [3.05, 3.63) is 34.0 Å². The van der Waals surface area contributed by atoms with Gasteiger partial charge in [-0.15, -0.1) is 11.3 Å². The third kappa shape index (κ3) is 2.92. The Balaban J connectivity index is 2.08. The predicted octanol–water partition coefficient (Wildman–Crippen LogP) is 2.33. The number of aliphatic hydroxyl groups excluding tert-OH is 1. The van der Waals surface area contributed by atoms with Crippen LogP contribution in [-0.4, -0.2) is 19.9 Å². The van der Waals surface area contributed by atoms with Crippen molar-refractivity contribution in [2.45, 2.75) is 39.3 Å². The molecule has 2 heterocycles. The first-order chi connectivity index (χ1) is 8.20. The molecule has 2 aromatic rings. The number of aromatic nitrogens is 3. The number of aliphatic hydroxyl groups is 1. The lowest BCUT2D eigenvalue weighted by Gasteiger charge is -2.11. The van der Waals surface area contributed by atoms with Crippen LogP contribution in [-0.2, 0) is 13.0 Å². The Morgan fingerprint density at radius 3 is 3.00 bits per heavy atom. The smallest absolute Gasteiger partial charge is 0.102 e. The lowest BCUT2D eigenvalue weighted by Crippen LogP contribution is -2.11. The molecule has 0 radical (unpaired) electrons. The minimum absolute atomic E-state index is 0.519. The standard InChI is InChI=1S/C12H17N3OS/c1-3-6-15-10(4-5-13-15)11(16)7-12-14-9(2)8-17-12/h4-5,8,11,16H,3,6-7H2,1-2H3. The maximum Gasteiger partial charge on any atom is 0.102 e. The van der Waals surface area contributed by atoms with Gasteiger partial charge in [0.25, 0.3) is 0 Å². The van der Waals surface area contributed by atoms with E-state index in [0.717, 1.165) is 29.4 Å². The number of nitrogens with zero attached hydrogens (tertiary/aromatic N) is 3. The lowest BCUT2D eigenvalue weighted by atomic mass is 10.2. The Bertz CT molecular complexity index is 478. The fourth-order valence-corrected chi connectivity index (χ4v) is 2.60. The van der Waals surface area contributed by atoms with Crippen molar-refractivity contribution in [3.63, 3.8) is 0 Å². The molecule has 1 atom stereocenters. The van der Waals surface area contributed by atoms with Crippen molar-refractivity contribution < 1.29 is 5.11 Å². The normalized spacial score (nSPS) is 12.9. The molecule has 0 aliphatic carbocycles. The fraction of sp³-hybridized carbons (Fsp3) is 0.500. The lowest BCUT2D eigenvalue weighted by molar-refractivity contribution is 0.166. The third-order valence-electron chi connectivity index (χ3n) is 2.56. The van der Waals surface area contributed by atoms with E-state index < -0.39 is 6.10 Å². The molecular weight excluding hydrogens is 234 g/mol. The highest BCUT2D eigenvalue weighted by Crippen LogP contribution is 2.20. The van der Waals surface area contributed by atoms with Crippen LogP contribution < -0.4 is 0 Å². The fourth-order valence-electron chi connectivity index (χ4n) is 1.79. The van der Waals surface area contributed by atoms with Crippen LogP contribution >= 0.6 is 11.3 Å². The second kappa shape index (κ2) is 5.42. The average Bonchev–Trinajstić information content (AvgIpc) is 2.88. The van der Waals surface area contributed by atoms with Gasteiger partial charge < -0.3 is 5.11 Å². The van der Waals surface area contributed by atoms with Gasteiger partial charge in [0.1, 0.15) is 6.10 Å². The van der Waals surface area contributed by atoms with Gasteiger partial charge in [-0.1, -0.05) is 6.92 Å². The molecule has 2 rings (SSSR count). The molecule has 0 amide bonds. The molecule has 0 aliphatic heterocycles. The molecule has 2 aromatic heterocycles. The second-order valence-electron chi connectivity index (χ2n) is 4.08. The number of aryl methyl sites for hydroxylation is 2. The number of hydrogen-bond donors (Lipinski definition) is 1. The molecule has 0 saturated carbocycles. The quantitative estimate of drug-likeness (QED) is 0.887. The van der Waals surface area contributed by atoms with Gasteiger partial charge in [-0.2, -0.15) is 5.10 Å². The highest BCUT2D eigenvalue weighted by Gasteiger charge is 2.15. The van der Waals surface area contributed by atoms with Crippen LogP contribution in [0.4, 0.5) is 0 Å². The van der Waals surface area contributed by atoms with Crippen LogP contribution in [0.2, 0.25) is 0 Å². The zero-order valence-electron chi connectivity index (χ0n) is 10.1. The molecule has 92 valence electrons. The summed E-state index contributed by atoms with van der Waals surface area (Å²) in [5.41, 5.74) is 1.89. The third-order valence-corrected chi connectivity index (χ3v) is 3.55. The zero-order chi connectivity index (χ0) is 12.3. The van der Waals surface area contributed by atoms with Crippen molar-refractivity contribution in [1.82, 2.24) is 14.8 Å². The first-order valence-corrected chi connectivity index (χ1v) is 6.69. The van der Waals surface area contributed by atoms with Gasteiger partial charge in [-0.3, -0.25) is 4.68 Å². The van der Waals surface area contributed by atoms with E-state index in [9.17, 15) is 5.11 Å². The van der Waals surface area contributed by atoms with Crippen LogP contribution in [0, 0.1) is 6.92 Å². The Morgan fingerprint density at radius 1 is 1.53 bits per heavy atom. The molecular formula is C12H17N3OS. The van der Waals surface area contributed by atoms with Crippen molar-refractivity contribution in [2.24, 2.45) is 0 Å². The largest absolute Gasteiger partial charge is 0.386 e. The van der Waals surface area contributed by atoms with Crippen molar-refractivity contribution >= 4 is 11.3 Å². The van der Waals surface area contributed by atoms with Crippen molar-refractivity contribution in [2.75, 3.05) is 0 Å². The summed E-state index contributed by atoms with van der Waals surface area (Å²) in [6.45, 7) is 4.91. The predicted molar refractivity (Wildman–Crippen MR) is 68.0 cm³/mol. The molecule has 1 N–H and O–H groups in total. The van der Waals surface area contributed by atoms with E-state index in [1.54, 1.807) is 17.5 Å². The molecule has 0 spiro atoms. The van der Waals surface area contributed by atoms with Gasteiger partial charge in [0.15, 0.2) is 0 Å². The van der Waals surface area contributed by atoms with Gasteiger partial charge in [0.2, 0.25) is 0 Å². The minimum atomic E-state index is -0.519. The Morgan fingerprint density at radius 2 is 2.35 bits per heavy atom. The van der Waals surface area contributed by atoms with Crippen molar-refractivity contribution in [1.29, 1.82) is 0 Å². The molecule has 4 nitrogen and oxygen atoms in total. The van der Waals surface area contributed by atoms with Crippen LogP contribution in [0.5, 0.6) is 0 Å². The molecule has 0 aliphatic rings. The summed E-state index contributed by atoms with van der Waals surface area (Å²) >= 11 is 1.59. The molecule has 0 fully saturated rings. The van der Waals surface area contributed by atoms with E-state index >= 15 is 0 Å². The Labute approximate surface area is 105 Å². The molecule has 0 saturated heterocycles. The Hall–Kier alpha value is -1.20. The number of rotatable bonds is 5. The summed E-state index contributed by atoms with van der Waals surface area (Å²) < 4.78 is 1.87. The summed E-state index contributed by atoms with van der Waals surface area (Å²) in [5.74, 6) is 0. The highest BCUT2D eigenvalue weighted by atomic mass is 32.1. The Kier molecular flexibility index (Phi) is 3.91. The van der Waals surface area contributed by atoms with E-state index in [1.165, 1.54) is 0 Å². The van der Waals surface area contributed by atoms with E-state index in [4.69, 9.17) is 0 Å². The minimum Gasteiger partial charge on any atom is -0.386 e. The molecule has 0 bridgehead atoms. The van der Waals surface area contributed by atoms with Crippen LogP contribution in [0.25, 0.3) is 0 Å². The first-order valence-electron chi connectivity index (χ1n) is 5.81. The van der Waals surface area contributed by atoms with Crippen LogP contribution in [0.3, 0.4) is 0 Å². The molecule has 0 aromatic carbocycles. The summed E-state index contributed by atoms with van der Waals surface area (Å²) in [5, 5.41) is 17.4. The van der Waals surface area contributed by atoms with Crippen molar-refractivity contribution in [3.8, 4) is 0 Å². The van der Waals surface area contributed by atoms with Crippen LogP contribution in [0.15, 0.2) is 17.6 Å². The monoisotopic (exact) mass is 251 g/mol. The molecule has 5 heteroatoms. The highest BCUT2D eigenvalue weighted by molar-refractivity contribution is 7.09. The van der Waals surface area contributed by atoms with E-state index in [-0.39, 0.29) is 0 Å². The second-order valence-corrected chi connectivity index (χ2v) is 5.02. The summed E-state index contributed by atoms with van der Waals surface area (Å²) in [7, 11) is 0. The molecule has 1 unspecified atom stereocenters. The maximum absolute atomic E-state index is 10.2. The molecule has 17 heavy (non-hydrogen) atoms. The van der Waals surface area contributed by atoms with Gasteiger partial charge in [-0.05, 0) is 19.4 Å². The van der Waals surface area contributed by atoms with E-state index in [2.05, 4.69) is 17.0 Å². The average molecular weight is 251 g/mol. The SMILES string of the molecule is CCCn1nccc1C(O)Cc1nc(C)cs1. The van der Waals surface area contributed by atoms with E-state index in [1.807, 2.05) is 23.1 Å². The number of hydrogen-bond acceptors (Lipinski definition) is 4.